The molecule has 1 heterocycles. The average molecular weight is 264 g/mol. The Labute approximate surface area is 112 Å². The van der Waals surface area contributed by atoms with Crippen LogP contribution in [-0.2, 0) is 9.59 Å². The molecule has 1 fully saturated rings. The van der Waals surface area contributed by atoms with Gasteiger partial charge in [-0.2, -0.15) is 0 Å². The summed E-state index contributed by atoms with van der Waals surface area (Å²) in [5.41, 5.74) is 0. The van der Waals surface area contributed by atoms with Crippen LogP contribution in [0.3, 0.4) is 0 Å². The highest BCUT2D eigenvalue weighted by molar-refractivity contribution is 5.87. The van der Waals surface area contributed by atoms with E-state index < -0.39 is 12.0 Å². The van der Waals surface area contributed by atoms with Gasteiger partial charge < -0.3 is 15.7 Å². The van der Waals surface area contributed by atoms with Crippen molar-refractivity contribution < 1.29 is 14.7 Å². The van der Waals surface area contributed by atoms with Gasteiger partial charge in [0, 0.05) is 0 Å². The van der Waals surface area contributed by atoms with E-state index in [0.717, 1.165) is 25.8 Å². The zero-order valence-electron chi connectivity index (χ0n) is 10.8. The van der Waals surface area contributed by atoms with Crippen LogP contribution in [0.25, 0.3) is 0 Å². The number of carbonyl (C=O) groups is 2. The van der Waals surface area contributed by atoms with E-state index in [9.17, 15) is 14.7 Å². The predicted octanol–water partition coefficient (Wildman–Crippen LogP) is 0.830. The van der Waals surface area contributed by atoms with Gasteiger partial charge >= 0.3 is 5.97 Å². The number of nitrogens with one attached hydrogen (secondary N) is 2. The molecule has 0 aromatic heterocycles. The molecule has 1 aliphatic carbocycles. The number of aliphatic carboxylic acids is 1. The zero-order valence-corrected chi connectivity index (χ0v) is 10.8. The Bertz CT molecular complexity index is 397. The van der Waals surface area contributed by atoms with Crippen LogP contribution >= 0.6 is 0 Å². The molecular weight excluding hydrogens is 244 g/mol. The minimum atomic E-state index is -0.964. The molecule has 1 amide bonds. The highest BCUT2D eigenvalue weighted by atomic mass is 16.4. The van der Waals surface area contributed by atoms with Crippen LogP contribution in [0.5, 0.6) is 0 Å². The number of carbonyl (C=O) groups excluding carboxylic acids is 1. The van der Waals surface area contributed by atoms with Gasteiger partial charge in [0.2, 0.25) is 5.91 Å². The van der Waals surface area contributed by atoms with Gasteiger partial charge in [-0.05, 0) is 38.1 Å². The molecule has 0 aromatic rings. The van der Waals surface area contributed by atoms with Gasteiger partial charge in [0.25, 0.3) is 0 Å². The topological polar surface area (TPSA) is 78.4 Å². The molecule has 5 heteroatoms. The molecule has 104 valence electrons. The van der Waals surface area contributed by atoms with E-state index in [4.69, 9.17) is 0 Å². The standard InChI is InChI=1S/C14H20N2O3/c17-13(11-7-4-8-15-11)16-12(14(18)19)9-10-5-2-1-3-6-10/h1-3,5,10-12,15H,4,6-9H2,(H,16,17)(H,18,19)/t10?,11-,12-/m0/s1. The Balaban J connectivity index is 1.88. The summed E-state index contributed by atoms with van der Waals surface area (Å²) < 4.78 is 0. The van der Waals surface area contributed by atoms with E-state index in [0.29, 0.717) is 6.42 Å². The molecule has 0 saturated carbocycles. The normalized spacial score (nSPS) is 27.2. The van der Waals surface area contributed by atoms with Gasteiger partial charge in [-0.25, -0.2) is 4.79 Å². The van der Waals surface area contributed by atoms with Crippen LogP contribution in [0.15, 0.2) is 24.3 Å². The first-order chi connectivity index (χ1) is 9.16. The maximum atomic E-state index is 11.9. The lowest BCUT2D eigenvalue weighted by Gasteiger charge is -2.21. The number of hydrogen-bond acceptors (Lipinski definition) is 3. The third kappa shape index (κ3) is 3.92. The molecule has 0 bridgehead atoms. The molecule has 1 saturated heterocycles. The van der Waals surface area contributed by atoms with Crippen LogP contribution in [0.4, 0.5) is 0 Å². The Hall–Kier alpha value is -1.62. The van der Waals surface area contributed by atoms with Gasteiger partial charge in [-0.3, -0.25) is 4.79 Å². The van der Waals surface area contributed by atoms with Crippen molar-refractivity contribution in [3.63, 3.8) is 0 Å². The summed E-state index contributed by atoms with van der Waals surface area (Å²) in [6, 6.07) is -1.04. The molecule has 0 aromatic carbocycles. The number of allylic oxidation sites excluding steroid dienone is 4. The van der Waals surface area contributed by atoms with E-state index in [2.05, 4.69) is 10.6 Å². The largest absolute Gasteiger partial charge is 0.480 e. The zero-order chi connectivity index (χ0) is 13.7. The minimum Gasteiger partial charge on any atom is -0.480 e. The molecule has 1 aliphatic heterocycles. The first-order valence-corrected chi connectivity index (χ1v) is 6.76. The van der Waals surface area contributed by atoms with Crippen molar-refractivity contribution in [3.05, 3.63) is 24.3 Å². The maximum Gasteiger partial charge on any atom is 0.326 e. The summed E-state index contributed by atoms with van der Waals surface area (Å²) in [4.78, 5) is 23.2. The highest BCUT2D eigenvalue weighted by Crippen LogP contribution is 2.18. The first-order valence-electron chi connectivity index (χ1n) is 6.76. The van der Waals surface area contributed by atoms with E-state index in [-0.39, 0.29) is 17.9 Å². The molecule has 5 nitrogen and oxygen atoms in total. The number of hydrogen-bond donors (Lipinski definition) is 3. The van der Waals surface area contributed by atoms with E-state index >= 15 is 0 Å². The fourth-order valence-corrected chi connectivity index (χ4v) is 2.51. The molecule has 1 unspecified atom stereocenters. The van der Waals surface area contributed by atoms with Crippen LogP contribution in [0.2, 0.25) is 0 Å². The second-order valence-electron chi connectivity index (χ2n) is 5.09. The predicted molar refractivity (Wildman–Crippen MR) is 71.6 cm³/mol. The third-order valence-corrected chi connectivity index (χ3v) is 3.60. The Morgan fingerprint density at radius 2 is 2.26 bits per heavy atom. The van der Waals surface area contributed by atoms with E-state index in [1.165, 1.54) is 0 Å². The maximum absolute atomic E-state index is 11.9. The monoisotopic (exact) mass is 264 g/mol. The van der Waals surface area contributed by atoms with Crippen molar-refractivity contribution in [1.82, 2.24) is 10.6 Å². The summed E-state index contributed by atoms with van der Waals surface area (Å²) in [5.74, 6) is -0.975. The SMILES string of the molecule is O=C(O)[C@H](CC1C=CC=CC1)NC(=O)[C@@H]1CCCN1. The molecule has 3 N–H and O–H groups in total. The lowest BCUT2D eigenvalue weighted by Crippen LogP contribution is -2.48. The Morgan fingerprint density at radius 1 is 1.42 bits per heavy atom. The molecule has 2 aliphatic rings. The van der Waals surface area contributed by atoms with Crippen molar-refractivity contribution in [3.8, 4) is 0 Å². The lowest BCUT2D eigenvalue weighted by molar-refractivity contribution is -0.142. The number of carboxylic acids is 1. The second kappa shape index (κ2) is 6.52. The smallest absolute Gasteiger partial charge is 0.326 e. The van der Waals surface area contributed by atoms with Crippen LogP contribution in [0.1, 0.15) is 25.7 Å². The minimum absolute atomic E-state index is 0.183. The molecule has 2 rings (SSSR count). The number of rotatable bonds is 5. The molecule has 0 radical (unpaired) electrons. The molecule has 3 atom stereocenters. The Kier molecular flexibility index (Phi) is 4.74. The quantitative estimate of drug-likeness (QED) is 0.687. The van der Waals surface area contributed by atoms with Crippen LogP contribution < -0.4 is 10.6 Å². The summed E-state index contributed by atoms with van der Waals surface area (Å²) in [6.45, 7) is 0.825. The molecule has 19 heavy (non-hydrogen) atoms. The Morgan fingerprint density at radius 3 is 2.84 bits per heavy atom. The molecular formula is C14H20N2O3. The average Bonchev–Trinajstić information content (AvgIpc) is 2.93. The van der Waals surface area contributed by atoms with Crippen molar-refractivity contribution in [2.24, 2.45) is 5.92 Å². The summed E-state index contributed by atoms with van der Waals surface area (Å²) in [6.07, 6.45) is 10.9. The van der Waals surface area contributed by atoms with Crippen molar-refractivity contribution in [1.29, 1.82) is 0 Å². The summed E-state index contributed by atoms with van der Waals surface area (Å²) in [5, 5.41) is 14.9. The molecule has 0 spiro atoms. The van der Waals surface area contributed by atoms with Crippen molar-refractivity contribution >= 4 is 11.9 Å². The van der Waals surface area contributed by atoms with Crippen LogP contribution in [-0.4, -0.2) is 35.6 Å². The summed E-state index contributed by atoms with van der Waals surface area (Å²) in [7, 11) is 0. The van der Waals surface area contributed by atoms with Gasteiger partial charge in [0.1, 0.15) is 6.04 Å². The lowest BCUT2D eigenvalue weighted by atomic mass is 9.93. The number of amides is 1. The summed E-state index contributed by atoms with van der Waals surface area (Å²) >= 11 is 0. The third-order valence-electron chi connectivity index (χ3n) is 3.60. The van der Waals surface area contributed by atoms with Gasteiger partial charge in [0.15, 0.2) is 0 Å². The fraction of sp³-hybridized carbons (Fsp3) is 0.571. The van der Waals surface area contributed by atoms with E-state index in [1.807, 2.05) is 24.3 Å². The highest BCUT2D eigenvalue weighted by Gasteiger charge is 2.28. The van der Waals surface area contributed by atoms with Gasteiger partial charge in [-0.15, -0.1) is 0 Å². The van der Waals surface area contributed by atoms with E-state index in [1.54, 1.807) is 0 Å². The van der Waals surface area contributed by atoms with Gasteiger partial charge in [0.05, 0.1) is 6.04 Å². The number of carboxylic acid groups (broad SMARTS) is 1. The van der Waals surface area contributed by atoms with Gasteiger partial charge in [-0.1, -0.05) is 24.3 Å². The van der Waals surface area contributed by atoms with Crippen molar-refractivity contribution in [2.45, 2.75) is 37.8 Å². The first kappa shape index (κ1) is 13.8. The van der Waals surface area contributed by atoms with Crippen molar-refractivity contribution in [2.75, 3.05) is 6.54 Å². The fourth-order valence-electron chi connectivity index (χ4n) is 2.51. The van der Waals surface area contributed by atoms with Crippen LogP contribution in [0, 0.1) is 5.92 Å². The second-order valence-corrected chi connectivity index (χ2v) is 5.09.